The number of carbonyl (C=O) groups is 1. The number of hydrogen-bond donors (Lipinski definition) is 0. The van der Waals surface area contributed by atoms with Crippen LogP contribution in [0.5, 0.6) is 0 Å². The summed E-state index contributed by atoms with van der Waals surface area (Å²) in [6, 6.07) is 16.8. The fraction of sp³-hybridized carbons (Fsp3) is 0.435. The summed E-state index contributed by atoms with van der Waals surface area (Å²) in [6.45, 7) is 7.07. The van der Waals surface area contributed by atoms with Gasteiger partial charge in [0.2, 0.25) is 0 Å². The van der Waals surface area contributed by atoms with Crippen molar-refractivity contribution in [2.24, 2.45) is 0 Å². The molecule has 0 spiro atoms. The second-order valence-electron chi connectivity index (χ2n) is 7.65. The van der Waals surface area contributed by atoms with Gasteiger partial charge in [0, 0.05) is 43.3 Å². The van der Waals surface area contributed by atoms with E-state index in [0.717, 1.165) is 63.5 Å². The Bertz CT molecular complexity index is 798. The highest BCUT2D eigenvalue weighted by atomic mass is 16.5. The molecule has 2 aromatic rings. The molecular weight excluding hydrogens is 336 g/mol. The number of likely N-dealkylation sites (tertiary alicyclic amines) is 1. The molecule has 0 saturated carbocycles. The number of benzene rings is 2. The maximum absolute atomic E-state index is 13.2. The summed E-state index contributed by atoms with van der Waals surface area (Å²) in [6.07, 6.45) is 2.22. The third-order valence-electron chi connectivity index (χ3n) is 5.69. The molecule has 4 rings (SSSR count). The third kappa shape index (κ3) is 4.16. The number of carbonyl (C=O) groups excluding carboxylic acids is 1. The fourth-order valence-electron chi connectivity index (χ4n) is 4.20. The number of ether oxygens (including phenoxy) is 1. The number of rotatable bonds is 3. The summed E-state index contributed by atoms with van der Waals surface area (Å²) >= 11 is 0. The molecule has 1 atom stereocenters. The molecule has 0 aliphatic carbocycles. The molecule has 142 valence electrons. The predicted octanol–water partition coefficient (Wildman–Crippen LogP) is 3.85. The highest BCUT2D eigenvalue weighted by Crippen LogP contribution is 2.29. The topological polar surface area (TPSA) is 32.8 Å². The number of morpholine rings is 1. The number of piperidine rings is 1. The van der Waals surface area contributed by atoms with Crippen LogP contribution in [0.15, 0.2) is 48.5 Å². The molecule has 0 bridgehead atoms. The Labute approximate surface area is 161 Å². The minimum atomic E-state index is 0.155. The Hall–Kier alpha value is -2.33. The molecule has 2 saturated heterocycles. The van der Waals surface area contributed by atoms with Crippen LogP contribution in [0.3, 0.4) is 0 Å². The van der Waals surface area contributed by atoms with Gasteiger partial charge < -0.3 is 14.5 Å². The molecule has 2 aromatic carbocycles. The highest BCUT2D eigenvalue weighted by molar-refractivity contribution is 5.95. The van der Waals surface area contributed by atoms with Crippen molar-refractivity contribution >= 4 is 11.6 Å². The smallest absolute Gasteiger partial charge is 0.253 e. The largest absolute Gasteiger partial charge is 0.378 e. The lowest BCUT2D eigenvalue weighted by Crippen LogP contribution is -2.39. The van der Waals surface area contributed by atoms with Gasteiger partial charge in [-0.25, -0.2) is 0 Å². The van der Waals surface area contributed by atoms with Gasteiger partial charge in [0.1, 0.15) is 0 Å². The van der Waals surface area contributed by atoms with Gasteiger partial charge in [-0.05, 0) is 43.5 Å². The monoisotopic (exact) mass is 364 g/mol. The summed E-state index contributed by atoms with van der Waals surface area (Å²) in [5, 5.41) is 0. The first-order chi connectivity index (χ1) is 13.2. The Morgan fingerprint density at radius 1 is 1.04 bits per heavy atom. The van der Waals surface area contributed by atoms with E-state index in [0.29, 0.717) is 5.92 Å². The van der Waals surface area contributed by atoms with Crippen molar-refractivity contribution in [2.75, 3.05) is 44.3 Å². The van der Waals surface area contributed by atoms with Gasteiger partial charge >= 0.3 is 0 Å². The summed E-state index contributed by atoms with van der Waals surface area (Å²) < 4.78 is 5.44. The second kappa shape index (κ2) is 8.13. The fourth-order valence-corrected chi connectivity index (χ4v) is 4.20. The number of anilines is 1. The van der Waals surface area contributed by atoms with E-state index in [-0.39, 0.29) is 5.91 Å². The van der Waals surface area contributed by atoms with Crippen LogP contribution >= 0.6 is 0 Å². The van der Waals surface area contributed by atoms with Gasteiger partial charge in [0.05, 0.1) is 13.2 Å². The van der Waals surface area contributed by atoms with E-state index in [9.17, 15) is 4.79 Å². The van der Waals surface area contributed by atoms with Gasteiger partial charge in [-0.3, -0.25) is 4.79 Å². The van der Waals surface area contributed by atoms with Crippen LogP contribution in [0.1, 0.15) is 40.2 Å². The van der Waals surface area contributed by atoms with Gasteiger partial charge in [0.25, 0.3) is 5.91 Å². The van der Waals surface area contributed by atoms with Crippen LogP contribution in [-0.4, -0.2) is 50.2 Å². The van der Waals surface area contributed by atoms with Crippen LogP contribution in [0.2, 0.25) is 0 Å². The van der Waals surface area contributed by atoms with E-state index in [4.69, 9.17) is 4.74 Å². The molecule has 27 heavy (non-hydrogen) atoms. The van der Waals surface area contributed by atoms with Gasteiger partial charge in [-0.2, -0.15) is 0 Å². The van der Waals surface area contributed by atoms with Crippen molar-refractivity contribution in [2.45, 2.75) is 25.7 Å². The Morgan fingerprint density at radius 3 is 2.67 bits per heavy atom. The van der Waals surface area contributed by atoms with Crippen LogP contribution < -0.4 is 4.90 Å². The van der Waals surface area contributed by atoms with Crippen molar-refractivity contribution in [3.05, 3.63) is 65.2 Å². The number of aryl methyl sites for hydroxylation is 1. The lowest BCUT2D eigenvalue weighted by atomic mass is 9.89. The highest BCUT2D eigenvalue weighted by Gasteiger charge is 2.26. The Kier molecular flexibility index (Phi) is 5.44. The summed E-state index contributed by atoms with van der Waals surface area (Å²) in [5.74, 6) is 0.590. The van der Waals surface area contributed by atoms with E-state index < -0.39 is 0 Å². The molecule has 2 heterocycles. The lowest BCUT2D eigenvalue weighted by molar-refractivity contribution is 0.0707. The van der Waals surface area contributed by atoms with Crippen molar-refractivity contribution in [1.82, 2.24) is 4.90 Å². The van der Waals surface area contributed by atoms with Crippen LogP contribution in [0.4, 0.5) is 5.69 Å². The average molecular weight is 364 g/mol. The minimum absolute atomic E-state index is 0.155. The van der Waals surface area contributed by atoms with E-state index in [1.165, 1.54) is 11.1 Å². The SMILES string of the molecule is Cc1cccc(C2CCCN(C(=O)c3cccc(N4CCOCC4)c3)C2)c1. The zero-order valence-corrected chi connectivity index (χ0v) is 16.1. The molecule has 0 radical (unpaired) electrons. The van der Waals surface area contributed by atoms with Crippen molar-refractivity contribution in [3.8, 4) is 0 Å². The zero-order valence-electron chi connectivity index (χ0n) is 16.1. The molecule has 0 N–H and O–H groups in total. The summed E-state index contributed by atoms with van der Waals surface area (Å²) in [5.41, 5.74) is 4.56. The number of hydrogen-bond acceptors (Lipinski definition) is 3. The maximum Gasteiger partial charge on any atom is 0.253 e. The normalized spacial score (nSPS) is 20.6. The molecule has 0 aromatic heterocycles. The van der Waals surface area contributed by atoms with Crippen molar-refractivity contribution in [3.63, 3.8) is 0 Å². The first-order valence-electron chi connectivity index (χ1n) is 9.99. The molecule has 4 heteroatoms. The zero-order chi connectivity index (χ0) is 18.6. The molecule has 2 fully saturated rings. The Morgan fingerprint density at radius 2 is 1.85 bits per heavy atom. The van der Waals surface area contributed by atoms with E-state index in [2.05, 4.69) is 42.2 Å². The standard InChI is InChI=1S/C23H28N2O2/c1-18-5-2-6-19(15-18)21-8-4-10-25(17-21)23(26)20-7-3-9-22(16-20)24-11-13-27-14-12-24/h2-3,5-7,9,15-16,21H,4,8,10-14,17H2,1H3. The van der Waals surface area contributed by atoms with Gasteiger partial charge in [-0.1, -0.05) is 35.9 Å². The predicted molar refractivity (Wildman–Crippen MR) is 109 cm³/mol. The number of nitrogens with zero attached hydrogens (tertiary/aromatic N) is 2. The summed E-state index contributed by atoms with van der Waals surface area (Å²) in [4.78, 5) is 17.5. The van der Waals surface area contributed by atoms with E-state index >= 15 is 0 Å². The average Bonchev–Trinajstić information content (AvgIpc) is 2.74. The van der Waals surface area contributed by atoms with E-state index in [1.807, 2.05) is 23.1 Å². The second-order valence-corrected chi connectivity index (χ2v) is 7.65. The van der Waals surface area contributed by atoms with Crippen LogP contribution in [0, 0.1) is 6.92 Å². The first-order valence-corrected chi connectivity index (χ1v) is 9.99. The molecule has 1 amide bonds. The lowest BCUT2D eigenvalue weighted by Gasteiger charge is -2.34. The first kappa shape index (κ1) is 18.1. The van der Waals surface area contributed by atoms with Crippen LogP contribution in [0.25, 0.3) is 0 Å². The Balaban J connectivity index is 1.49. The molecular formula is C23H28N2O2. The molecule has 2 aliphatic heterocycles. The molecule has 4 nitrogen and oxygen atoms in total. The van der Waals surface area contributed by atoms with Gasteiger partial charge in [-0.15, -0.1) is 0 Å². The van der Waals surface area contributed by atoms with Crippen molar-refractivity contribution in [1.29, 1.82) is 0 Å². The summed E-state index contributed by atoms with van der Waals surface area (Å²) in [7, 11) is 0. The van der Waals surface area contributed by atoms with E-state index in [1.54, 1.807) is 0 Å². The third-order valence-corrected chi connectivity index (χ3v) is 5.69. The molecule has 2 aliphatic rings. The molecule has 1 unspecified atom stereocenters. The maximum atomic E-state index is 13.2. The van der Waals surface area contributed by atoms with Gasteiger partial charge in [0.15, 0.2) is 0 Å². The van der Waals surface area contributed by atoms with Crippen molar-refractivity contribution < 1.29 is 9.53 Å². The number of amides is 1. The quantitative estimate of drug-likeness (QED) is 0.829. The van der Waals surface area contributed by atoms with Crippen LogP contribution in [-0.2, 0) is 4.74 Å². The minimum Gasteiger partial charge on any atom is -0.378 e.